The number of carbonyl (C=O) groups is 2. The molecule has 3 unspecified atom stereocenters. The van der Waals surface area contributed by atoms with Gasteiger partial charge in [-0.2, -0.15) is 0 Å². The second kappa shape index (κ2) is 12.6. The molecule has 0 aromatic heterocycles. The summed E-state index contributed by atoms with van der Waals surface area (Å²) in [6, 6.07) is 13.1. The number of rotatable bonds is 10. The van der Waals surface area contributed by atoms with Gasteiger partial charge in [-0.15, -0.1) is 11.8 Å². The molecule has 0 aliphatic heterocycles. The molecule has 184 valence electrons. The Morgan fingerprint density at radius 2 is 1.88 bits per heavy atom. The van der Waals surface area contributed by atoms with E-state index in [1.165, 1.54) is 24.6 Å². The second-order valence-corrected chi connectivity index (χ2v) is 11.0. The SMILES string of the molecule is [B]C(=O)N[C@H](CSc1ccc2ccccc2c1)C(=O)N[C@@H](CC)[C@H](O)CC1CCC(C)CC1C.[HH]. The number of thioether (sulfide) groups is 1. The molecular formula is C27H39BN2O3S. The van der Waals surface area contributed by atoms with Gasteiger partial charge in [0.1, 0.15) is 6.04 Å². The molecule has 1 aliphatic carbocycles. The van der Waals surface area contributed by atoms with Gasteiger partial charge in [-0.25, -0.2) is 0 Å². The van der Waals surface area contributed by atoms with Gasteiger partial charge in [0.05, 0.1) is 12.1 Å². The molecule has 1 aliphatic rings. The summed E-state index contributed by atoms with van der Waals surface area (Å²) < 4.78 is 0. The van der Waals surface area contributed by atoms with Gasteiger partial charge in [0.25, 0.3) is 0 Å². The Balaban J connectivity index is 0.00000432. The van der Waals surface area contributed by atoms with Crippen LogP contribution in [0.2, 0.25) is 0 Å². The van der Waals surface area contributed by atoms with Crippen molar-refractivity contribution >= 4 is 42.1 Å². The summed E-state index contributed by atoms with van der Waals surface area (Å²) in [6.07, 6.45) is 4.20. The van der Waals surface area contributed by atoms with Crippen molar-refractivity contribution in [2.45, 2.75) is 76.0 Å². The molecule has 5 nitrogen and oxygen atoms in total. The van der Waals surface area contributed by atoms with E-state index in [1.54, 1.807) is 0 Å². The van der Waals surface area contributed by atoms with Gasteiger partial charge >= 0.3 is 0 Å². The van der Waals surface area contributed by atoms with Crippen LogP contribution >= 0.6 is 11.8 Å². The van der Waals surface area contributed by atoms with Crippen LogP contribution in [0.1, 0.15) is 54.3 Å². The molecule has 7 heteroatoms. The molecule has 2 radical (unpaired) electrons. The molecule has 3 N–H and O–H groups in total. The van der Waals surface area contributed by atoms with Crippen LogP contribution in [0.15, 0.2) is 47.4 Å². The normalized spacial score (nSPS) is 23.1. The number of benzene rings is 2. The Bertz CT molecular complexity index is 978. The average molecular weight is 482 g/mol. The number of hydrogen-bond acceptors (Lipinski definition) is 4. The minimum absolute atomic E-state index is 0. The first-order valence-electron chi connectivity index (χ1n) is 12.4. The van der Waals surface area contributed by atoms with Gasteiger partial charge in [0.2, 0.25) is 13.8 Å². The molecule has 6 atom stereocenters. The number of carbonyl (C=O) groups excluding carboxylic acids is 2. The van der Waals surface area contributed by atoms with Crippen molar-refractivity contribution in [2.24, 2.45) is 17.8 Å². The molecule has 0 heterocycles. The third-order valence-electron chi connectivity index (χ3n) is 7.16. The Morgan fingerprint density at radius 1 is 1.15 bits per heavy atom. The number of nitrogens with one attached hydrogen (secondary N) is 2. The maximum atomic E-state index is 13.1. The number of aliphatic hydroxyl groups is 1. The second-order valence-electron chi connectivity index (χ2n) is 9.86. The van der Waals surface area contributed by atoms with E-state index in [4.69, 9.17) is 7.85 Å². The number of hydrogen-bond donors (Lipinski definition) is 3. The fraction of sp³-hybridized carbons (Fsp3) is 0.556. The first-order valence-corrected chi connectivity index (χ1v) is 13.4. The van der Waals surface area contributed by atoms with Crippen LogP contribution in [-0.4, -0.2) is 48.6 Å². The van der Waals surface area contributed by atoms with Gasteiger partial charge < -0.3 is 15.7 Å². The van der Waals surface area contributed by atoms with Gasteiger partial charge in [-0.3, -0.25) is 9.59 Å². The predicted molar refractivity (Wildman–Crippen MR) is 143 cm³/mol. The van der Waals surface area contributed by atoms with E-state index in [0.29, 0.717) is 30.4 Å². The lowest BCUT2D eigenvalue weighted by atomic mass is 9.73. The Hall–Kier alpha value is -1.99. The van der Waals surface area contributed by atoms with Crippen molar-refractivity contribution in [3.8, 4) is 0 Å². The molecule has 2 aromatic rings. The van der Waals surface area contributed by atoms with Gasteiger partial charge in [-0.1, -0.05) is 57.5 Å². The largest absolute Gasteiger partial charge is 0.391 e. The van der Waals surface area contributed by atoms with Crippen LogP contribution in [0.25, 0.3) is 10.8 Å². The fourth-order valence-corrected chi connectivity index (χ4v) is 6.07. The summed E-state index contributed by atoms with van der Waals surface area (Å²) in [6.45, 7) is 6.52. The Labute approximate surface area is 210 Å². The predicted octanol–water partition coefficient (Wildman–Crippen LogP) is 5.14. The van der Waals surface area contributed by atoms with E-state index >= 15 is 0 Å². The molecule has 0 spiro atoms. The molecule has 3 rings (SSSR count). The smallest absolute Gasteiger partial charge is 0.243 e. The number of amides is 2. The highest BCUT2D eigenvalue weighted by Gasteiger charge is 2.31. The lowest BCUT2D eigenvalue weighted by Gasteiger charge is -2.35. The monoisotopic (exact) mass is 482 g/mol. The summed E-state index contributed by atoms with van der Waals surface area (Å²) in [5, 5.41) is 18.8. The summed E-state index contributed by atoms with van der Waals surface area (Å²) in [7, 11) is 5.36. The van der Waals surface area contributed by atoms with Crippen molar-refractivity contribution in [1.29, 1.82) is 0 Å². The number of fused-ring (bicyclic) bond motifs is 1. The number of aliphatic hydroxyl groups excluding tert-OH is 1. The molecule has 34 heavy (non-hydrogen) atoms. The lowest BCUT2D eigenvalue weighted by Crippen LogP contribution is -2.53. The van der Waals surface area contributed by atoms with Gasteiger partial charge in [-0.05, 0) is 66.3 Å². The molecule has 1 fully saturated rings. The maximum absolute atomic E-state index is 13.1. The van der Waals surface area contributed by atoms with E-state index in [0.717, 1.165) is 28.0 Å². The van der Waals surface area contributed by atoms with E-state index in [1.807, 2.05) is 37.3 Å². The first-order chi connectivity index (χ1) is 16.3. The average Bonchev–Trinajstić information content (AvgIpc) is 2.81. The van der Waals surface area contributed by atoms with Crippen molar-refractivity contribution in [3.05, 3.63) is 42.5 Å². The van der Waals surface area contributed by atoms with Crippen LogP contribution in [-0.2, 0) is 4.79 Å². The molecule has 2 amide bonds. The zero-order chi connectivity index (χ0) is 24.7. The molecular weight excluding hydrogens is 443 g/mol. The van der Waals surface area contributed by atoms with Crippen molar-refractivity contribution in [2.75, 3.05) is 5.75 Å². The Morgan fingerprint density at radius 3 is 2.56 bits per heavy atom. The van der Waals surface area contributed by atoms with Crippen LogP contribution in [0.5, 0.6) is 0 Å². The molecule has 1 saturated carbocycles. The third-order valence-corrected chi connectivity index (χ3v) is 8.24. The quantitative estimate of drug-likeness (QED) is 0.324. The van der Waals surface area contributed by atoms with Gasteiger partial charge in [0.15, 0.2) is 5.81 Å². The van der Waals surface area contributed by atoms with E-state index in [2.05, 4.69) is 36.6 Å². The first kappa shape index (κ1) is 26.6. The lowest BCUT2D eigenvalue weighted by molar-refractivity contribution is -0.124. The minimum Gasteiger partial charge on any atom is -0.391 e. The standard InChI is InChI=1S/C27H37BN2O3S.H2/c1-4-23(25(31)15-20-10-9-17(2)13-18(20)3)29-26(32)24(30-27(28)33)16-34-22-12-11-19-7-5-6-8-21(19)14-22;/h5-8,11-12,14,17-18,20,23-25,31H,4,9-10,13,15-16H2,1-3H3,(H,29,32)(H,30,33);1H/t17?,18?,20?,23-,24+,25+;/m0./s1. The third kappa shape index (κ3) is 7.51. The maximum Gasteiger partial charge on any atom is 0.243 e. The topological polar surface area (TPSA) is 78.4 Å². The van der Waals surface area contributed by atoms with Crippen LogP contribution in [0, 0.1) is 17.8 Å². The molecule has 0 saturated heterocycles. The minimum atomic E-state index is -0.787. The van der Waals surface area contributed by atoms with Crippen LogP contribution in [0.3, 0.4) is 0 Å². The highest BCUT2D eigenvalue weighted by molar-refractivity contribution is 7.99. The zero-order valence-corrected chi connectivity index (χ0v) is 21.3. The van der Waals surface area contributed by atoms with E-state index in [9.17, 15) is 14.7 Å². The molecule has 2 aromatic carbocycles. The summed E-state index contributed by atoms with van der Waals surface area (Å²) in [4.78, 5) is 25.7. The van der Waals surface area contributed by atoms with Crippen LogP contribution in [0.4, 0.5) is 4.79 Å². The summed E-state index contributed by atoms with van der Waals surface area (Å²) >= 11 is 1.49. The summed E-state index contributed by atoms with van der Waals surface area (Å²) in [5.74, 6) is 1.08. The van der Waals surface area contributed by atoms with Crippen molar-refractivity contribution < 1.29 is 16.1 Å². The Kier molecular flexibility index (Phi) is 9.90. The zero-order valence-electron chi connectivity index (χ0n) is 20.5. The van der Waals surface area contributed by atoms with Crippen molar-refractivity contribution in [3.63, 3.8) is 0 Å². The highest BCUT2D eigenvalue weighted by Crippen LogP contribution is 2.36. The van der Waals surface area contributed by atoms with Crippen LogP contribution < -0.4 is 10.6 Å². The van der Waals surface area contributed by atoms with Gasteiger partial charge in [0, 0.05) is 12.1 Å². The van der Waals surface area contributed by atoms with Crippen molar-refractivity contribution in [1.82, 2.24) is 10.6 Å². The van der Waals surface area contributed by atoms with E-state index in [-0.39, 0.29) is 13.4 Å². The fourth-order valence-electron chi connectivity index (χ4n) is 5.10. The molecule has 0 bridgehead atoms. The summed E-state index contributed by atoms with van der Waals surface area (Å²) in [5.41, 5.74) is 0. The van der Waals surface area contributed by atoms with E-state index < -0.39 is 18.0 Å². The highest BCUT2D eigenvalue weighted by atomic mass is 32.2.